The summed E-state index contributed by atoms with van der Waals surface area (Å²) < 4.78 is 19.5. The Morgan fingerprint density at radius 1 is 1.05 bits per heavy atom. The van der Waals surface area contributed by atoms with Crippen molar-refractivity contribution in [2.24, 2.45) is 5.41 Å². The number of nitrogens with zero attached hydrogens (tertiary/aromatic N) is 3. The van der Waals surface area contributed by atoms with Crippen LogP contribution in [0.5, 0.6) is 11.5 Å². The van der Waals surface area contributed by atoms with Crippen LogP contribution in [0.1, 0.15) is 50.8 Å². The Labute approximate surface area is 221 Å². The predicted molar refractivity (Wildman–Crippen MR) is 143 cm³/mol. The number of rotatable bonds is 7. The van der Waals surface area contributed by atoms with E-state index in [1.54, 1.807) is 17.0 Å². The number of nitrogens with one attached hydrogen (secondary N) is 1. The quantitative estimate of drug-likeness (QED) is 0.318. The molecule has 0 radical (unpaired) electrons. The van der Waals surface area contributed by atoms with E-state index in [4.69, 9.17) is 24.0 Å². The Kier molecular flexibility index (Phi) is 6.02. The van der Waals surface area contributed by atoms with Gasteiger partial charge in [0.1, 0.15) is 12.6 Å². The van der Waals surface area contributed by atoms with Crippen molar-refractivity contribution in [3.05, 3.63) is 89.3 Å². The second-order valence-corrected chi connectivity index (χ2v) is 10.5. The smallest absolute Gasteiger partial charge is 0.227 e. The average molecular weight is 511 g/mol. The number of anilines is 1. The van der Waals surface area contributed by atoms with Crippen molar-refractivity contribution < 1.29 is 18.7 Å². The van der Waals surface area contributed by atoms with Gasteiger partial charge in [-0.25, -0.2) is 4.68 Å². The minimum absolute atomic E-state index is 0.108. The first-order valence-corrected chi connectivity index (χ1v) is 12.9. The van der Waals surface area contributed by atoms with E-state index in [2.05, 4.69) is 19.2 Å². The molecule has 0 saturated heterocycles. The van der Waals surface area contributed by atoms with Gasteiger partial charge in [0.2, 0.25) is 11.8 Å². The van der Waals surface area contributed by atoms with Gasteiger partial charge in [0.15, 0.2) is 23.0 Å². The maximum Gasteiger partial charge on any atom is 0.227 e. The molecule has 1 N–H and O–H groups in total. The monoisotopic (exact) mass is 510 g/mol. The van der Waals surface area contributed by atoms with Crippen molar-refractivity contribution in [3.63, 3.8) is 0 Å². The summed E-state index contributed by atoms with van der Waals surface area (Å²) in [5.74, 6) is 2.98. The number of ketones is 1. The van der Waals surface area contributed by atoms with Crippen LogP contribution in [0.25, 0.3) is 11.6 Å². The molecule has 4 aromatic rings. The summed E-state index contributed by atoms with van der Waals surface area (Å²) in [7, 11) is 0. The second-order valence-electron chi connectivity index (χ2n) is 10.5. The second kappa shape index (κ2) is 9.52. The number of aromatic nitrogens is 3. The molecule has 1 atom stereocenters. The number of hydrogen-bond donors (Lipinski definition) is 1. The topological polar surface area (TPSA) is 91.4 Å². The molecule has 0 fully saturated rings. The zero-order chi connectivity index (χ0) is 26.3. The van der Waals surface area contributed by atoms with E-state index < -0.39 is 6.04 Å². The van der Waals surface area contributed by atoms with Gasteiger partial charge in [-0.2, -0.15) is 4.98 Å². The van der Waals surface area contributed by atoms with Crippen LogP contribution in [0.4, 0.5) is 5.95 Å². The molecule has 194 valence electrons. The first kappa shape index (κ1) is 24.0. The highest BCUT2D eigenvalue weighted by atomic mass is 16.5. The number of benzene rings is 2. The summed E-state index contributed by atoms with van der Waals surface area (Å²) in [5, 5.41) is 8.19. The van der Waals surface area contributed by atoms with Crippen LogP contribution in [0.2, 0.25) is 0 Å². The van der Waals surface area contributed by atoms with Crippen LogP contribution < -0.4 is 14.8 Å². The number of fused-ring (bicyclic) bond motifs is 1. The number of carbonyl (C=O) groups excluding carboxylic acids is 1. The Bertz CT molecular complexity index is 1500. The van der Waals surface area contributed by atoms with Crippen LogP contribution in [0.15, 0.2) is 82.6 Å². The molecule has 1 aliphatic heterocycles. The van der Waals surface area contributed by atoms with Gasteiger partial charge in [-0.3, -0.25) is 4.79 Å². The van der Waals surface area contributed by atoms with Crippen LogP contribution in [-0.4, -0.2) is 27.2 Å². The third-order valence-corrected chi connectivity index (χ3v) is 6.89. The zero-order valence-electron chi connectivity index (χ0n) is 21.7. The molecule has 2 aliphatic rings. The van der Waals surface area contributed by atoms with Gasteiger partial charge in [-0.1, -0.05) is 50.2 Å². The lowest BCUT2D eigenvalue weighted by molar-refractivity contribution is -0.118. The molecule has 0 saturated carbocycles. The minimum atomic E-state index is -0.455. The highest BCUT2D eigenvalue weighted by molar-refractivity contribution is 6.00. The lowest BCUT2D eigenvalue weighted by Gasteiger charge is -2.38. The number of hydrogen-bond acceptors (Lipinski definition) is 7. The summed E-state index contributed by atoms with van der Waals surface area (Å²) in [6.07, 6.45) is 2.80. The standard InChI is InChI=1S/C30H30N4O4/c1-4-36-25-15-20(12-13-23(25)38-18-19-9-6-5-7-10-19)27-26-21(16-30(2,3)17-22(26)35)31-29-32-28(33-34(27)29)24-11-8-14-37-24/h5-15,27H,4,16-18H2,1-3H3,(H,31,32,33). The molecule has 0 bridgehead atoms. The van der Waals surface area contributed by atoms with Gasteiger partial charge in [0, 0.05) is 17.7 Å². The van der Waals surface area contributed by atoms with Gasteiger partial charge in [-0.15, -0.1) is 5.10 Å². The molecular weight excluding hydrogens is 480 g/mol. The Morgan fingerprint density at radius 2 is 1.89 bits per heavy atom. The molecule has 8 heteroatoms. The summed E-state index contributed by atoms with van der Waals surface area (Å²) in [5.41, 5.74) is 3.41. The summed E-state index contributed by atoms with van der Waals surface area (Å²) in [6, 6.07) is 19.0. The van der Waals surface area contributed by atoms with Crippen molar-refractivity contribution >= 4 is 11.7 Å². The van der Waals surface area contributed by atoms with Gasteiger partial charge in [-0.05, 0) is 54.2 Å². The third-order valence-electron chi connectivity index (χ3n) is 6.89. The van der Waals surface area contributed by atoms with Crippen LogP contribution >= 0.6 is 0 Å². The predicted octanol–water partition coefficient (Wildman–Crippen LogP) is 6.17. The fourth-order valence-electron chi connectivity index (χ4n) is 5.24. The van der Waals surface area contributed by atoms with Crippen LogP contribution in [0, 0.1) is 5.41 Å². The molecule has 0 spiro atoms. The maximum atomic E-state index is 13.6. The molecule has 6 rings (SSSR count). The number of carbonyl (C=O) groups is 1. The van der Waals surface area contributed by atoms with E-state index >= 15 is 0 Å². The van der Waals surface area contributed by atoms with Crippen molar-refractivity contribution in [2.75, 3.05) is 11.9 Å². The molecule has 38 heavy (non-hydrogen) atoms. The van der Waals surface area contributed by atoms with E-state index in [-0.39, 0.29) is 11.2 Å². The van der Waals surface area contributed by atoms with Gasteiger partial charge in [0.05, 0.1) is 12.9 Å². The molecule has 3 heterocycles. The van der Waals surface area contributed by atoms with E-state index in [0.717, 1.165) is 23.2 Å². The van der Waals surface area contributed by atoms with Crippen LogP contribution in [0.3, 0.4) is 0 Å². The van der Waals surface area contributed by atoms with E-state index in [0.29, 0.717) is 54.2 Å². The molecule has 8 nitrogen and oxygen atoms in total. The number of Topliss-reactive ketones (excluding diaryl/α,β-unsaturated/α-hetero) is 1. The van der Waals surface area contributed by atoms with Crippen LogP contribution in [-0.2, 0) is 11.4 Å². The Hall–Kier alpha value is -4.33. The van der Waals surface area contributed by atoms with Crippen molar-refractivity contribution in [1.29, 1.82) is 0 Å². The van der Waals surface area contributed by atoms with Crippen molar-refractivity contribution in [3.8, 4) is 23.1 Å². The van der Waals surface area contributed by atoms with Crippen molar-refractivity contribution in [2.45, 2.75) is 46.3 Å². The van der Waals surface area contributed by atoms with Gasteiger partial charge in [0.25, 0.3) is 0 Å². The third kappa shape index (κ3) is 4.47. The largest absolute Gasteiger partial charge is 0.490 e. The van der Waals surface area contributed by atoms with E-state index in [1.165, 1.54) is 0 Å². The average Bonchev–Trinajstić information content (AvgIpc) is 3.57. The van der Waals surface area contributed by atoms with Gasteiger partial charge >= 0.3 is 0 Å². The Morgan fingerprint density at radius 3 is 2.66 bits per heavy atom. The number of allylic oxidation sites excluding steroid dienone is 2. The fraction of sp³-hybridized carbons (Fsp3) is 0.300. The van der Waals surface area contributed by atoms with Crippen molar-refractivity contribution in [1.82, 2.24) is 14.8 Å². The SMILES string of the molecule is CCOc1cc(C2C3=C(CC(C)(C)CC3=O)Nc3nc(-c4ccco4)nn32)ccc1OCc1ccccc1. The lowest BCUT2D eigenvalue weighted by Crippen LogP contribution is -2.36. The zero-order valence-corrected chi connectivity index (χ0v) is 21.7. The highest BCUT2D eigenvalue weighted by Gasteiger charge is 2.42. The molecule has 2 aromatic carbocycles. The first-order valence-electron chi connectivity index (χ1n) is 12.9. The summed E-state index contributed by atoms with van der Waals surface area (Å²) in [6.45, 7) is 7.08. The molecular formula is C30H30N4O4. The minimum Gasteiger partial charge on any atom is -0.490 e. The first-order chi connectivity index (χ1) is 18.4. The molecule has 1 aliphatic carbocycles. The normalized spacial score (nSPS) is 18.0. The van der Waals surface area contributed by atoms with Gasteiger partial charge < -0.3 is 19.2 Å². The number of furan rings is 1. The summed E-state index contributed by atoms with van der Waals surface area (Å²) >= 11 is 0. The highest BCUT2D eigenvalue weighted by Crippen LogP contribution is 2.46. The van der Waals surface area contributed by atoms with E-state index in [9.17, 15) is 4.79 Å². The molecule has 0 amide bonds. The number of ether oxygens (including phenoxy) is 2. The lowest BCUT2D eigenvalue weighted by atomic mass is 9.73. The Balaban J connectivity index is 1.43. The molecule has 1 unspecified atom stereocenters. The summed E-state index contributed by atoms with van der Waals surface area (Å²) in [4.78, 5) is 18.3. The van der Waals surface area contributed by atoms with E-state index in [1.807, 2.05) is 61.5 Å². The molecule has 2 aromatic heterocycles. The maximum absolute atomic E-state index is 13.6. The fourth-order valence-corrected chi connectivity index (χ4v) is 5.24.